The Hall–Kier alpha value is -0.770. The van der Waals surface area contributed by atoms with Crippen LogP contribution in [-0.2, 0) is 6.54 Å². The number of hydrogen-bond acceptors (Lipinski definition) is 3. The van der Waals surface area contributed by atoms with Crippen molar-refractivity contribution in [1.29, 1.82) is 0 Å². The third kappa shape index (κ3) is 2.73. The monoisotopic (exact) mass is 254 g/mol. The van der Waals surface area contributed by atoms with Crippen LogP contribution < -0.4 is 10.6 Å². The van der Waals surface area contributed by atoms with Crippen LogP contribution in [0.4, 0.5) is 5.69 Å². The van der Waals surface area contributed by atoms with E-state index in [0.717, 1.165) is 42.2 Å². The van der Waals surface area contributed by atoms with Gasteiger partial charge in [-0.05, 0) is 30.9 Å². The summed E-state index contributed by atoms with van der Waals surface area (Å²) in [4.78, 5) is 2.29. The van der Waals surface area contributed by atoms with E-state index in [4.69, 9.17) is 17.3 Å². The third-order valence-corrected chi connectivity index (χ3v) is 3.77. The predicted octanol–water partition coefficient (Wildman–Crippen LogP) is 2.01. The summed E-state index contributed by atoms with van der Waals surface area (Å²) >= 11 is 6.16. The molecule has 1 heterocycles. The van der Waals surface area contributed by atoms with Crippen LogP contribution in [0.3, 0.4) is 0 Å². The van der Waals surface area contributed by atoms with Gasteiger partial charge in [0, 0.05) is 42.5 Å². The number of anilines is 1. The highest BCUT2D eigenvalue weighted by Crippen LogP contribution is 2.30. The predicted molar refractivity (Wildman–Crippen MR) is 71.4 cm³/mol. The molecule has 0 spiro atoms. The number of piperidine rings is 1. The number of halogens is 1. The first-order chi connectivity index (χ1) is 8.26. The van der Waals surface area contributed by atoms with E-state index in [9.17, 15) is 5.11 Å². The number of benzene rings is 1. The minimum atomic E-state index is 0.259. The van der Waals surface area contributed by atoms with Gasteiger partial charge < -0.3 is 15.7 Å². The lowest BCUT2D eigenvalue weighted by molar-refractivity contribution is 0.208. The summed E-state index contributed by atoms with van der Waals surface area (Å²) in [6, 6.07) is 5.90. The number of rotatable bonds is 3. The first kappa shape index (κ1) is 12.7. The SMILES string of the molecule is NCc1c(Cl)cccc1N1CCCC(CO)C1. The van der Waals surface area contributed by atoms with Crippen LogP contribution in [0.25, 0.3) is 0 Å². The molecule has 0 aromatic heterocycles. The molecule has 1 fully saturated rings. The zero-order chi connectivity index (χ0) is 12.3. The Morgan fingerprint density at radius 2 is 2.29 bits per heavy atom. The van der Waals surface area contributed by atoms with Crippen molar-refractivity contribution in [2.45, 2.75) is 19.4 Å². The number of nitrogens with zero attached hydrogens (tertiary/aromatic N) is 1. The topological polar surface area (TPSA) is 49.5 Å². The van der Waals surface area contributed by atoms with Crippen molar-refractivity contribution >= 4 is 17.3 Å². The molecule has 0 radical (unpaired) electrons. The number of aliphatic hydroxyl groups is 1. The molecule has 1 atom stereocenters. The molecule has 3 nitrogen and oxygen atoms in total. The summed E-state index contributed by atoms with van der Waals surface area (Å²) in [6.45, 7) is 2.62. The van der Waals surface area contributed by atoms with E-state index in [0.29, 0.717) is 12.5 Å². The Kier molecular flexibility index (Phi) is 4.26. The lowest BCUT2D eigenvalue weighted by atomic mass is 9.97. The van der Waals surface area contributed by atoms with Gasteiger partial charge in [0.25, 0.3) is 0 Å². The molecule has 4 heteroatoms. The van der Waals surface area contributed by atoms with Crippen LogP contribution in [0.15, 0.2) is 18.2 Å². The zero-order valence-electron chi connectivity index (χ0n) is 9.90. The van der Waals surface area contributed by atoms with Crippen LogP contribution in [0.5, 0.6) is 0 Å². The third-order valence-electron chi connectivity index (χ3n) is 3.42. The van der Waals surface area contributed by atoms with Gasteiger partial charge in [0.05, 0.1) is 0 Å². The molecule has 17 heavy (non-hydrogen) atoms. The van der Waals surface area contributed by atoms with E-state index < -0.39 is 0 Å². The van der Waals surface area contributed by atoms with Crippen LogP contribution >= 0.6 is 11.6 Å². The number of hydrogen-bond donors (Lipinski definition) is 2. The Labute approximate surface area is 107 Å². The van der Waals surface area contributed by atoms with Gasteiger partial charge in [0.15, 0.2) is 0 Å². The molecule has 1 aromatic rings. The van der Waals surface area contributed by atoms with Crippen molar-refractivity contribution in [3.05, 3.63) is 28.8 Å². The summed E-state index contributed by atoms with van der Waals surface area (Å²) in [5.41, 5.74) is 7.90. The largest absolute Gasteiger partial charge is 0.396 e. The summed E-state index contributed by atoms with van der Waals surface area (Å²) in [7, 11) is 0. The van der Waals surface area contributed by atoms with Crippen molar-refractivity contribution in [2.75, 3.05) is 24.6 Å². The van der Waals surface area contributed by atoms with Crippen LogP contribution in [-0.4, -0.2) is 24.8 Å². The zero-order valence-corrected chi connectivity index (χ0v) is 10.7. The van der Waals surface area contributed by atoms with Crippen molar-refractivity contribution < 1.29 is 5.11 Å². The second-order valence-electron chi connectivity index (χ2n) is 4.58. The average molecular weight is 255 g/mol. The fraction of sp³-hybridized carbons (Fsp3) is 0.538. The highest BCUT2D eigenvalue weighted by molar-refractivity contribution is 6.31. The van der Waals surface area contributed by atoms with E-state index in [2.05, 4.69) is 11.0 Å². The van der Waals surface area contributed by atoms with Crippen LogP contribution in [0, 0.1) is 5.92 Å². The van der Waals surface area contributed by atoms with Gasteiger partial charge in [0.2, 0.25) is 0 Å². The van der Waals surface area contributed by atoms with Crippen LogP contribution in [0.1, 0.15) is 18.4 Å². The molecule has 1 aromatic carbocycles. The van der Waals surface area contributed by atoms with Crippen molar-refractivity contribution in [1.82, 2.24) is 0 Å². The Morgan fingerprint density at radius 1 is 1.47 bits per heavy atom. The van der Waals surface area contributed by atoms with Gasteiger partial charge in [-0.25, -0.2) is 0 Å². The first-order valence-corrected chi connectivity index (χ1v) is 6.47. The fourth-order valence-corrected chi connectivity index (χ4v) is 2.73. The molecule has 1 aliphatic rings. The molecule has 94 valence electrons. The first-order valence-electron chi connectivity index (χ1n) is 6.09. The molecule has 0 bridgehead atoms. The second-order valence-corrected chi connectivity index (χ2v) is 4.99. The molecule has 2 rings (SSSR count). The number of aliphatic hydroxyl groups excluding tert-OH is 1. The molecular formula is C13H19ClN2O. The summed E-state index contributed by atoms with van der Waals surface area (Å²) in [5.74, 6) is 0.369. The van der Waals surface area contributed by atoms with Gasteiger partial charge >= 0.3 is 0 Å². The van der Waals surface area contributed by atoms with E-state index >= 15 is 0 Å². The summed E-state index contributed by atoms with van der Waals surface area (Å²) in [6.07, 6.45) is 2.22. The standard InChI is InChI=1S/C13H19ClN2O/c14-12-4-1-5-13(11(12)7-15)16-6-2-3-10(8-16)9-17/h1,4-5,10,17H,2-3,6-9,15H2. The smallest absolute Gasteiger partial charge is 0.0476 e. The fourth-order valence-electron chi connectivity index (χ4n) is 2.48. The van der Waals surface area contributed by atoms with Gasteiger partial charge in [-0.1, -0.05) is 17.7 Å². The lowest BCUT2D eigenvalue weighted by Gasteiger charge is -2.35. The highest BCUT2D eigenvalue weighted by Gasteiger charge is 2.21. The van der Waals surface area contributed by atoms with Gasteiger partial charge in [-0.15, -0.1) is 0 Å². The maximum atomic E-state index is 9.26. The van der Waals surface area contributed by atoms with E-state index in [1.165, 1.54) is 0 Å². The average Bonchev–Trinajstić information content (AvgIpc) is 2.38. The summed E-state index contributed by atoms with van der Waals surface area (Å²) < 4.78 is 0. The lowest BCUT2D eigenvalue weighted by Crippen LogP contribution is -2.37. The summed E-state index contributed by atoms with van der Waals surface area (Å²) in [5, 5.41) is 9.99. The molecule has 1 saturated heterocycles. The Bertz CT molecular complexity index is 384. The van der Waals surface area contributed by atoms with Crippen LogP contribution in [0.2, 0.25) is 5.02 Å². The molecule has 1 unspecified atom stereocenters. The van der Waals surface area contributed by atoms with E-state index in [1.54, 1.807) is 0 Å². The van der Waals surface area contributed by atoms with E-state index in [1.807, 2.05) is 12.1 Å². The molecular weight excluding hydrogens is 236 g/mol. The quantitative estimate of drug-likeness (QED) is 0.868. The van der Waals surface area contributed by atoms with Gasteiger partial charge in [-0.3, -0.25) is 0 Å². The van der Waals surface area contributed by atoms with Crippen molar-refractivity contribution in [3.8, 4) is 0 Å². The highest BCUT2D eigenvalue weighted by atomic mass is 35.5. The van der Waals surface area contributed by atoms with Gasteiger partial charge in [-0.2, -0.15) is 0 Å². The van der Waals surface area contributed by atoms with E-state index in [-0.39, 0.29) is 6.61 Å². The normalized spacial score (nSPS) is 20.6. The Balaban J connectivity index is 2.24. The molecule has 3 N–H and O–H groups in total. The van der Waals surface area contributed by atoms with Crippen molar-refractivity contribution in [3.63, 3.8) is 0 Å². The molecule has 1 aliphatic heterocycles. The van der Waals surface area contributed by atoms with Gasteiger partial charge in [0.1, 0.15) is 0 Å². The minimum absolute atomic E-state index is 0.259. The Morgan fingerprint density at radius 3 is 3.00 bits per heavy atom. The maximum absolute atomic E-state index is 9.26. The molecule has 0 aliphatic carbocycles. The van der Waals surface area contributed by atoms with Crippen molar-refractivity contribution in [2.24, 2.45) is 11.7 Å². The minimum Gasteiger partial charge on any atom is -0.396 e. The molecule has 0 amide bonds. The maximum Gasteiger partial charge on any atom is 0.0476 e. The second kappa shape index (κ2) is 5.71. The molecule has 0 saturated carbocycles. The number of nitrogens with two attached hydrogens (primary N) is 1.